The summed E-state index contributed by atoms with van der Waals surface area (Å²) >= 11 is 0. The number of oxime groups is 1. The fraction of sp³-hybridized carbons (Fsp3) is 0.467. The van der Waals surface area contributed by atoms with Crippen LogP contribution in [0.1, 0.15) is 31.7 Å². The minimum atomic E-state index is -0.639. The molecule has 20 heavy (non-hydrogen) atoms. The van der Waals surface area contributed by atoms with Gasteiger partial charge >= 0.3 is 0 Å². The minimum Gasteiger partial charge on any atom is -0.409 e. The van der Waals surface area contributed by atoms with Crippen LogP contribution in [-0.4, -0.2) is 22.5 Å². The van der Waals surface area contributed by atoms with Gasteiger partial charge in [0.25, 0.3) is 0 Å². The van der Waals surface area contributed by atoms with Crippen LogP contribution in [0.5, 0.6) is 0 Å². The van der Waals surface area contributed by atoms with Crippen molar-refractivity contribution < 1.29 is 10.0 Å². The highest BCUT2D eigenvalue weighted by atomic mass is 16.4. The third-order valence-electron chi connectivity index (χ3n) is 3.95. The first kappa shape index (κ1) is 14.4. The van der Waals surface area contributed by atoms with Gasteiger partial charge in [0.1, 0.15) is 5.92 Å². The van der Waals surface area contributed by atoms with Gasteiger partial charge in [-0.05, 0) is 38.2 Å². The molecule has 1 aliphatic rings. The van der Waals surface area contributed by atoms with Crippen molar-refractivity contribution in [3.8, 4) is 0 Å². The van der Waals surface area contributed by atoms with Crippen LogP contribution in [0.15, 0.2) is 35.5 Å². The second-order valence-electron chi connectivity index (χ2n) is 5.67. The first-order valence-corrected chi connectivity index (χ1v) is 6.87. The van der Waals surface area contributed by atoms with Crippen LogP contribution >= 0.6 is 0 Å². The van der Waals surface area contributed by atoms with Gasteiger partial charge in [0.2, 0.25) is 5.91 Å². The van der Waals surface area contributed by atoms with Crippen molar-refractivity contribution in [1.82, 2.24) is 5.32 Å². The van der Waals surface area contributed by atoms with Gasteiger partial charge in [0.15, 0.2) is 5.84 Å². The third kappa shape index (κ3) is 3.29. The summed E-state index contributed by atoms with van der Waals surface area (Å²) < 4.78 is 0. The van der Waals surface area contributed by atoms with Crippen molar-refractivity contribution in [3.63, 3.8) is 0 Å². The Morgan fingerprint density at radius 1 is 1.45 bits per heavy atom. The standard InChI is InChI=1S/C15H21N3O2/c1-15(8-5-9-15)17-14(19)12(13(16)18-20)10-11-6-3-2-4-7-11/h2-4,6-7,12,20H,5,8-10H2,1H3,(H2,16,18)(H,17,19). The van der Waals surface area contributed by atoms with E-state index in [1.54, 1.807) is 0 Å². The molecule has 1 aromatic rings. The largest absolute Gasteiger partial charge is 0.409 e. The zero-order chi connectivity index (χ0) is 14.6. The highest BCUT2D eigenvalue weighted by Crippen LogP contribution is 2.31. The lowest BCUT2D eigenvalue weighted by atomic mass is 9.78. The highest BCUT2D eigenvalue weighted by molar-refractivity contribution is 6.02. The molecule has 108 valence electrons. The predicted molar refractivity (Wildman–Crippen MR) is 77.4 cm³/mol. The Morgan fingerprint density at radius 3 is 2.60 bits per heavy atom. The van der Waals surface area contributed by atoms with E-state index in [0.717, 1.165) is 24.8 Å². The third-order valence-corrected chi connectivity index (χ3v) is 3.95. The number of carbonyl (C=O) groups is 1. The summed E-state index contributed by atoms with van der Waals surface area (Å²) in [6, 6.07) is 9.58. The van der Waals surface area contributed by atoms with Gasteiger partial charge in [-0.2, -0.15) is 0 Å². The number of hydrogen-bond donors (Lipinski definition) is 3. The molecule has 0 heterocycles. The lowest BCUT2D eigenvalue weighted by molar-refractivity contribution is -0.125. The van der Waals surface area contributed by atoms with Gasteiger partial charge in [-0.15, -0.1) is 0 Å². The molecule has 1 amide bonds. The number of nitrogens with two attached hydrogens (primary N) is 1. The number of benzene rings is 1. The van der Waals surface area contributed by atoms with Crippen LogP contribution in [0, 0.1) is 5.92 Å². The Balaban J connectivity index is 2.09. The number of carbonyl (C=O) groups excluding carboxylic acids is 1. The molecule has 1 aromatic carbocycles. The predicted octanol–water partition coefficient (Wildman–Crippen LogP) is 1.65. The normalized spacial score (nSPS) is 18.9. The zero-order valence-electron chi connectivity index (χ0n) is 11.7. The number of amidine groups is 1. The van der Waals surface area contributed by atoms with Gasteiger partial charge < -0.3 is 16.3 Å². The molecule has 1 atom stereocenters. The van der Waals surface area contributed by atoms with Crippen molar-refractivity contribution >= 4 is 11.7 Å². The summed E-state index contributed by atoms with van der Waals surface area (Å²) in [7, 11) is 0. The summed E-state index contributed by atoms with van der Waals surface area (Å²) in [6.45, 7) is 2.03. The molecule has 1 aliphatic carbocycles. The number of nitrogens with one attached hydrogen (secondary N) is 1. The van der Waals surface area contributed by atoms with Crippen LogP contribution in [0.25, 0.3) is 0 Å². The molecule has 2 rings (SSSR count). The van der Waals surface area contributed by atoms with E-state index in [0.29, 0.717) is 6.42 Å². The molecule has 1 fully saturated rings. The molecule has 4 N–H and O–H groups in total. The maximum absolute atomic E-state index is 12.4. The Bertz CT molecular complexity index is 495. The van der Waals surface area contributed by atoms with Crippen molar-refractivity contribution in [2.75, 3.05) is 0 Å². The Kier molecular flexibility index (Phi) is 4.27. The van der Waals surface area contributed by atoms with Crippen LogP contribution in [-0.2, 0) is 11.2 Å². The molecule has 1 saturated carbocycles. The first-order chi connectivity index (χ1) is 9.54. The van der Waals surface area contributed by atoms with Crippen LogP contribution in [0.3, 0.4) is 0 Å². The Morgan fingerprint density at radius 2 is 2.10 bits per heavy atom. The van der Waals surface area contributed by atoms with E-state index in [4.69, 9.17) is 10.9 Å². The lowest BCUT2D eigenvalue weighted by Crippen LogP contribution is -2.54. The SMILES string of the molecule is CC1(NC(=O)C(Cc2ccccc2)/C(N)=N/O)CCC1. The minimum absolute atomic E-state index is 0.0470. The van der Waals surface area contributed by atoms with E-state index >= 15 is 0 Å². The van der Waals surface area contributed by atoms with Crippen LogP contribution in [0.4, 0.5) is 0 Å². The van der Waals surface area contributed by atoms with Crippen molar-refractivity contribution in [2.45, 2.75) is 38.1 Å². The van der Waals surface area contributed by atoms with Crippen molar-refractivity contribution in [2.24, 2.45) is 16.8 Å². The molecule has 1 unspecified atom stereocenters. The zero-order valence-corrected chi connectivity index (χ0v) is 11.7. The van der Waals surface area contributed by atoms with Gasteiger partial charge in [-0.3, -0.25) is 4.79 Å². The Hall–Kier alpha value is -2.04. The second kappa shape index (κ2) is 5.94. The summed E-state index contributed by atoms with van der Waals surface area (Å²) in [6.07, 6.45) is 3.52. The number of amides is 1. The van der Waals surface area contributed by atoms with E-state index < -0.39 is 5.92 Å². The maximum Gasteiger partial charge on any atom is 0.231 e. The molecule has 0 radical (unpaired) electrons. The van der Waals surface area contributed by atoms with E-state index in [2.05, 4.69) is 10.5 Å². The first-order valence-electron chi connectivity index (χ1n) is 6.87. The quantitative estimate of drug-likeness (QED) is 0.330. The van der Waals surface area contributed by atoms with Crippen LogP contribution < -0.4 is 11.1 Å². The molecular formula is C15H21N3O2. The molecule has 0 bridgehead atoms. The van der Waals surface area contributed by atoms with E-state index in [1.165, 1.54) is 0 Å². The summed E-state index contributed by atoms with van der Waals surface area (Å²) in [5.74, 6) is -0.861. The van der Waals surface area contributed by atoms with Crippen LogP contribution in [0.2, 0.25) is 0 Å². The summed E-state index contributed by atoms with van der Waals surface area (Å²) in [5, 5.41) is 14.9. The monoisotopic (exact) mass is 275 g/mol. The molecule has 0 aromatic heterocycles. The molecule has 0 spiro atoms. The summed E-state index contributed by atoms with van der Waals surface area (Å²) in [5.41, 5.74) is 6.53. The summed E-state index contributed by atoms with van der Waals surface area (Å²) in [4.78, 5) is 12.4. The second-order valence-corrected chi connectivity index (χ2v) is 5.67. The molecule has 0 aliphatic heterocycles. The smallest absolute Gasteiger partial charge is 0.231 e. The fourth-order valence-electron chi connectivity index (χ4n) is 2.47. The topological polar surface area (TPSA) is 87.7 Å². The Labute approximate surface area is 118 Å². The molecule has 5 nitrogen and oxygen atoms in total. The van der Waals surface area contributed by atoms with Crippen molar-refractivity contribution in [3.05, 3.63) is 35.9 Å². The van der Waals surface area contributed by atoms with Gasteiger partial charge in [-0.1, -0.05) is 35.5 Å². The molecular weight excluding hydrogens is 254 g/mol. The highest BCUT2D eigenvalue weighted by Gasteiger charge is 2.36. The molecule has 0 saturated heterocycles. The number of rotatable bonds is 5. The van der Waals surface area contributed by atoms with Gasteiger partial charge in [0.05, 0.1) is 0 Å². The van der Waals surface area contributed by atoms with Gasteiger partial charge in [-0.25, -0.2) is 0 Å². The lowest BCUT2D eigenvalue weighted by Gasteiger charge is -2.40. The van der Waals surface area contributed by atoms with Crippen molar-refractivity contribution in [1.29, 1.82) is 0 Å². The van der Waals surface area contributed by atoms with E-state index in [9.17, 15) is 4.79 Å². The van der Waals surface area contributed by atoms with E-state index in [-0.39, 0.29) is 17.3 Å². The average Bonchev–Trinajstić information content (AvgIpc) is 2.43. The average molecular weight is 275 g/mol. The maximum atomic E-state index is 12.4. The van der Waals surface area contributed by atoms with E-state index in [1.807, 2.05) is 37.3 Å². The number of nitrogens with zero attached hydrogens (tertiary/aromatic N) is 1. The fourth-order valence-corrected chi connectivity index (χ4v) is 2.47. The number of hydrogen-bond acceptors (Lipinski definition) is 3. The van der Waals surface area contributed by atoms with Gasteiger partial charge in [0, 0.05) is 5.54 Å². The molecule has 5 heteroatoms.